The summed E-state index contributed by atoms with van der Waals surface area (Å²) in [6.45, 7) is 0. The van der Waals surface area contributed by atoms with Crippen molar-refractivity contribution in [2.24, 2.45) is 0 Å². The molecule has 0 saturated heterocycles. The first-order valence-corrected chi connectivity index (χ1v) is 3.83. The van der Waals surface area contributed by atoms with E-state index in [1.807, 2.05) is 0 Å². The molecule has 0 aliphatic carbocycles. The smallest absolute Gasteiger partial charge is 0.375 e. The monoisotopic (exact) mass is 190 g/mol. The minimum absolute atomic E-state index is 0.228. The molecular formula is C8H6N4O2. The van der Waals surface area contributed by atoms with Gasteiger partial charge in [0.1, 0.15) is 6.33 Å². The van der Waals surface area contributed by atoms with Gasteiger partial charge in [0.2, 0.25) is 0 Å². The van der Waals surface area contributed by atoms with Gasteiger partial charge in [0.15, 0.2) is 0 Å². The van der Waals surface area contributed by atoms with E-state index in [1.165, 1.54) is 11.0 Å². The summed E-state index contributed by atoms with van der Waals surface area (Å²) >= 11 is 0. The first kappa shape index (κ1) is 8.36. The average Bonchev–Trinajstić information content (AvgIpc) is 2.68. The summed E-state index contributed by atoms with van der Waals surface area (Å²) in [5, 5.41) is 12.3. The van der Waals surface area contributed by atoms with E-state index < -0.39 is 5.97 Å². The molecule has 0 bridgehead atoms. The molecule has 6 heteroatoms. The summed E-state index contributed by atoms with van der Waals surface area (Å²) in [5.41, 5.74) is 0.674. The Morgan fingerprint density at radius 3 is 2.93 bits per heavy atom. The molecule has 2 aromatic rings. The highest BCUT2D eigenvalue weighted by Crippen LogP contribution is 2.02. The van der Waals surface area contributed by atoms with Crippen LogP contribution in [0.1, 0.15) is 10.6 Å². The van der Waals surface area contributed by atoms with E-state index in [0.29, 0.717) is 5.69 Å². The van der Waals surface area contributed by atoms with E-state index in [1.54, 1.807) is 24.5 Å². The second-order valence-corrected chi connectivity index (χ2v) is 2.53. The third-order valence-corrected chi connectivity index (χ3v) is 1.59. The quantitative estimate of drug-likeness (QED) is 0.739. The predicted octanol–water partition coefficient (Wildman–Crippen LogP) is 0.360. The summed E-state index contributed by atoms with van der Waals surface area (Å²) in [6.07, 6.45) is 4.53. The van der Waals surface area contributed by atoms with Crippen LogP contribution in [0.25, 0.3) is 5.69 Å². The maximum Gasteiger partial charge on any atom is 0.375 e. The number of aromatic nitrogens is 4. The number of rotatable bonds is 2. The molecule has 0 unspecified atom stereocenters. The number of pyridine rings is 1. The normalized spacial score (nSPS) is 10.0. The van der Waals surface area contributed by atoms with E-state index in [4.69, 9.17) is 5.11 Å². The fourth-order valence-electron chi connectivity index (χ4n) is 0.975. The molecule has 0 aromatic carbocycles. The molecule has 70 valence electrons. The van der Waals surface area contributed by atoms with Crippen LogP contribution in [0.15, 0.2) is 30.9 Å². The van der Waals surface area contributed by atoms with Crippen molar-refractivity contribution in [3.63, 3.8) is 0 Å². The Balaban J connectivity index is 2.39. The van der Waals surface area contributed by atoms with Crippen molar-refractivity contribution in [1.82, 2.24) is 19.7 Å². The van der Waals surface area contributed by atoms with Crippen LogP contribution in [-0.4, -0.2) is 30.8 Å². The van der Waals surface area contributed by atoms with Gasteiger partial charge in [0, 0.05) is 6.20 Å². The number of aromatic carboxylic acids is 1. The van der Waals surface area contributed by atoms with Gasteiger partial charge in [-0.2, -0.15) is 0 Å². The van der Waals surface area contributed by atoms with E-state index >= 15 is 0 Å². The van der Waals surface area contributed by atoms with Crippen molar-refractivity contribution < 1.29 is 9.90 Å². The van der Waals surface area contributed by atoms with Gasteiger partial charge in [-0.3, -0.25) is 4.98 Å². The van der Waals surface area contributed by atoms with Gasteiger partial charge in [0.25, 0.3) is 5.82 Å². The topological polar surface area (TPSA) is 80.9 Å². The van der Waals surface area contributed by atoms with Crippen molar-refractivity contribution in [1.29, 1.82) is 0 Å². The molecule has 0 saturated carbocycles. The molecule has 0 aliphatic rings. The highest BCUT2D eigenvalue weighted by atomic mass is 16.4. The second-order valence-electron chi connectivity index (χ2n) is 2.53. The minimum atomic E-state index is -1.15. The van der Waals surface area contributed by atoms with Gasteiger partial charge >= 0.3 is 5.97 Å². The van der Waals surface area contributed by atoms with Crippen LogP contribution in [0.3, 0.4) is 0 Å². The molecular weight excluding hydrogens is 184 g/mol. The standard InChI is InChI=1S/C8H6N4O2/c13-8(14)7-10-5-12(11-7)6-2-1-3-9-4-6/h1-5H,(H,13,14). The maximum atomic E-state index is 10.5. The molecule has 2 heterocycles. The Labute approximate surface area is 78.9 Å². The fraction of sp³-hybridized carbons (Fsp3) is 0. The molecule has 0 fully saturated rings. The lowest BCUT2D eigenvalue weighted by atomic mass is 10.4. The van der Waals surface area contributed by atoms with Gasteiger partial charge in [-0.25, -0.2) is 14.5 Å². The number of carboxylic acid groups (broad SMARTS) is 1. The van der Waals surface area contributed by atoms with Crippen LogP contribution >= 0.6 is 0 Å². The first-order valence-electron chi connectivity index (χ1n) is 3.83. The summed E-state index contributed by atoms with van der Waals surface area (Å²) in [6, 6.07) is 3.49. The summed E-state index contributed by atoms with van der Waals surface area (Å²) in [4.78, 5) is 18.0. The van der Waals surface area contributed by atoms with Gasteiger partial charge in [0.05, 0.1) is 11.9 Å². The summed E-state index contributed by atoms with van der Waals surface area (Å²) in [5.74, 6) is -1.37. The fourth-order valence-corrected chi connectivity index (χ4v) is 0.975. The molecule has 6 nitrogen and oxygen atoms in total. The molecule has 14 heavy (non-hydrogen) atoms. The first-order chi connectivity index (χ1) is 6.77. The number of hydrogen-bond acceptors (Lipinski definition) is 4. The van der Waals surface area contributed by atoms with Crippen LogP contribution in [0.2, 0.25) is 0 Å². The van der Waals surface area contributed by atoms with E-state index in [-0.39, 0.29) is 5.82 Å². The zero-order valence-corrected chi connectivity index (χ0v) is 7.03. The zero-order valence-electron chi connectivity index (χ0n) is 7.03. The van der Waals surface area contributed by atoms with Gasteiger partial charge < -0.3 is 5.11 Å². The molecule has 0 atom stereocenters. The lowest BCUT2D eigenvalue weighted by molar-refractivity contribution is 0.0683. The van der Waals surface area contributed by atoms with Gasteiger partial charge in [-0.05, 0) is 12.1 Å². The van der Waals surface area contributed by atoms with E-state index in [0.717, 1.165) is 0 Å². The van der Waals surface area contributed by atoms with Crippen LogP contribution in [0, 0.1) is 0 Å². The minimum Gasteiger partial charge on any atom is -0.475 e. The predicted molar refractivity (Wildman–Crippen MR) is 46.1 cm³/mol. The summed E-state index contributed by atoms with van der Waals surface area (Å²) in [7, 11) is 0. The lowest BCUT2D eigenvalue weighted by Crippen LogP contribution is -2.01. The van der Waals surface area contributed by atoms with Crippen molar-refractivity contribution >= 4 is 5.97 Å². The molecule has 0 aliphatic heterocycles. The SMILES string of the molecule is O=C(O)c1ncn(-c2cccnc2)n1. The molecule has 0 amide bonds. The average molecular weight is 190 g/mol. The third-order valence-electron chi connectivity index (χ3n) is 1.59. The molecule has 1 N–H and O–H groups in total. The molecule has 2 aromatic heterocycles. The second kappa shape index (κ2) is 3.25. The van der Waals surface area contributed by atoms with Crippen LogP contribution < -0.4 is 0 Å². The molecule has 2 rings (SSSR count). The van der Waals surface area contributed by atoms with Crippen molar-refractivity contribution in [3.05, 3.63) is 36.7 Å². The van der Waals surface area contributed by atoms with Crippen molar-refractivity contribution in [2.75, 3.05) is 0 Å². The van der Waals surface area contributed by atoms with Gasteiger partial charge in [-0.1, -0.05) is 0 Å². The number of carboxylic acids is 1. The van der Waals surface area contributed by atoms with Crippen molar-refractivity contribution in [2.45, 2.75) is 0 Å². The Kier molecular flexibility index (Phi) is 1.94. The van der Waals surface area contributed by atoms with Crippen molar-refractivity contribution in [3.8, 4) is 5.69 Å². The third kappa shape index (κ3) is 1.45. The summed E-state index contributed by atoms with van der Waals surface area (Å²) < 4.78 is 1.36. The number of nitrogens with zero attached hydrogens (tertiary/aromatic N) is 4. The Hall–Kier alpha value is -2.24. The largest absolute Gasteiger partial charge is 0.475 e. The Morgan fingerprint density at radius 1 is 1.50 bits per heavy atom. The lowest BCUT2D eigenvalue weighted by Gasteiger charge is -1.96. The highest BCUT2D eigenvalue weighted by Gasteiger charge is 2.08. The van der Waals surface area contributed by atoms with Gasteiger partial charge in [-0.15, -0.1) is 5.10 Å². The Bertz CT molecular complexity index is 451. The zero-order chi connectivity index (χ0) is 9.97. The van der Waals surface area contributed by atoms with Crippen LogP contribution in [0.4, 0.5) is 0 Å². The van der Waals surface area contributed by atoms with Crippen LogP contribution in [-0.2, 0) is 0 Å². The molecule has 0 spiro atoms. The highest BCUT2D eigenvalue weighted by molar-refractivity contribution is 5.82. The van der Waals surface area contributed by atoms with E-state index in [2.05, 4.69) is 15.1 Å². The van der Waals surface area contributed by atoms with Crippen LogP contribution in [0.5, 0.6) is 0 Å². The maximum absolute atomic E-state index is 10.5. The molecule has 0 radical (unpaired) electrons. The number of hydrogen-bond donors (Lipinski definition) is 1. The Morgan fingerprint density at radius 2 is 2.36 bits per heavy atom. The van der Waals surface area contributed by atoms with E-state index in [9.17, 15) is 4.79 Å². The number of carbonyl (C=O) groups is 1.